The van der Waals surface area contributed by atoms with E-state index in [9.17, 15) is 4.79 Å². The SMILES string of the molecule is COc1cccc(CC(=O)N/N=C/c2cc(C)n(-c3ccccc3)c2)c1. The summed E-state index contributed by atoms with van der Waals surface area (Å²) in [6.45, 7) is 2.03. The van der Waals surface area contributed by atoms with Crippen molar-refractivity contribution in [1.29, 1.82) is 0 Å². The van der Waals surface area contributed by atoms with Gasteiger partial charge in [0.05, 0.1) is 19.7 Å². The fraction of sp³-hybridized carbons (Fsp3) is 0.143. The summed E-state index contributed by atoms with van der Waals surface area (Å²) in [5, 5.41) is 4.06. The molecule has 0 bridgehead atoms. The third-order valence-corrected chi connectivity index (χ3v) is 3.97. The topological polar surface area (TPSA) is 55.6 Å². The fourth-order valence-electron chi connectivity index (χ4n) is 2.72. The molecule has 1 N–H and O–H groups in total. The van der Waals surface area contributed by atoms with E-state index in [1.54, 1.807) is 13.3 Å². The predicted octanol–water partition coefficient (Wildman–Crippen LogP) is 3.49. The molecule has 5 heteroatoms. The second-order valence-electron chi connectivity index (χ2n) is 5.94. The second kappa shape index (κ2) is 8.16. The Morgan fingerprint density at radius 2 is 1.96 bits per heavy atom. The summed E-state index contributed by atoms with van der Waals surface area (Å²) < 4.78 is 7.24. The van der Waals surface area contributed by atoms with E-state index < -0.39 is 0 Å². The Morgan fingerprint density at radius 3 is 2.73 bits per heavy atom. The van der Waals surface area contributed by atoms with Crippen LogP contribution in [-0.4, -0.2) is 23.8 Å². The lowest BCUT2D eigenvalue weighted by Gasteiger charge is -2.04. The molecule has 0 fully saturated rings. The van der Waals surface area contributed by atoms with Crippen LogP contribution in [0.15, 0.2) is 72.0 Å². The summed E-state index contributed by atoms with van der Waals surface area (Å²) in [6, 6.07) is 19.5. The average Bonchev–Trinajstić information content (AvgIpc) is 3.03. The van der Waals surface area contributed by atoms with Gasteiger partial charge >= 0.3 is 0 Å². The van der Waals surface area contributed by atoms with Gasteiger partial charge in [-0.15, -0.1) is 0 Å². The molecular formula is C21H21N3O2. The van der Waals surface area contributed by atoms with Crippen molar-refractivity contribution in [3.8, 4) is 11.4 Å². The summed E-state index contributed by atoms with van der Waals surface area (Å²) in [4.78, 5) is 12.0. The largest absolute Gasteiger partial charge is 0.497 e. The first kappa shape index (κ1) is 17.5. The Bertz CT molecular complexity index is 914. The highest BCUT2D eigenvalue weighted by Crippen LogP contribution is 2.14. The lowest BCUT2D eigenvalue weighted by atomic mass is 10.1. The number of carbonyl (C=O) groups is 1. The molecule has 132 valence electrons. The third-order valence-electron chi connectivity index (χ3n) is 3.97. The molecule has 3 aromatic rings. The number of benzene rings is 2. The average molecular weight is 347 g/mol. The fourth-order valence-corrected chi connectivity index (χ4v) is 2.72. The van der Waals surface area contributed by atoms with Gasteiger partial charge in [-0.3, -0.25) is 4.79 Å². The number of aryl methyl sites for hydroxylation is 1. The van der Waals surface area contributed by atoms with Gasteiger partial charge in [0, 0.05) is 23.1 Å². The lowest BCUT2D eigenvalue weighted by molar-refractivity contribution is -0.120. The van der Waals surface area contributed by atoms with E-state index in [0.29, 0.717) is 0 Å². The minimum absolute atomic E-state index is 0.172. The van der Waals surface area contributed by atoms with Crippen LogP contribution in [0.25, 0.3) is 5.69 Å². The number of hydrogen-bond acceptors (Lipinski definition) is 3. The molecule has 0 spiro atoms. The number of nitrogens with one attached hydrogen (secondary N) is 1. The van der Waals surface area contributed by atoms with E-state index >= 15 is 0 Å². The van der Waals surface area contributed by atoms with Crippen molar-refractivity contribution in [2.24, 2.45) is 5.10 Å². The Hall–Kier alpha value is -3.34. The molecule has 0 saturated heterocycles. The normalized spacial score (nSPS) is 10.8. The van der Waals surface area contributed by atoms with Crippen molar-refractivity contribution in [3.63, 3.8) is 0 Å². The molecule has 0 unspecified atom stereocenters. The van der Waals surface area contributed by atoms with Gasteiger partial charge in [-0.2, -0.15) is 5.10 Å². The van der Waals surface area contributed by atoms with E-state index in [4.69, 9.17) is 4.74 Å². The highest BCUT2D eigenvalue weighted by Gasteiger charge is 2.04. The first-order valence-electron chi connectivity index (χ1n) is 8.35. The molecule has 1 heterocycles. The zero-order valence-electron chi connectivity index (χ0n) is 14.8. The van der Waals surface area contributed by atoms with E-state index in [0.717, 1.165) is 28.3 Å². The van der Waals surface area contributed by atoms with Gasteiger partial charge in [0.1, 0.15) is 5.75 Å². The van der Waals surface area contributed by atoms with Crippen molar-refractivity contribution in [2.75, 3.05) is 7.11 Å². The van der Waals surface area contributed by atoms with Gasteiger partial charge in [0.25, 0.3) is 0 Å². The number of ether oxygens (including phenoxy) is 1. The maximum Gasteiger partial charge on any atom is 0.244 e. The highest BCUT2D eigenvalue weighted by molar-refractivity contribution is 5.83. The number of rotatable bonds is 6. The van der Waals surface area contributed by atoms with Gasteiger partial charge in [0.2, 0.25) is 5.91 Å². The number of nitrogens with zero attached hydrogens (tertiary/aromatic N) is 2. The Labute approximate surface area is 152 Å². The quantitative estimate of drug-likeness (QED) is 0.548. The van der Waals surface area contributed by atoms with Crippen LogP contribution in [-0.2, 0) is 11.2 Å². The molecular weight excluding hydrogens is 326 g/mol. The van der Waals surface area contributed by atoms with Crippen LogP contribution in [0.4, 0.5) is 0 Å². The summed E-state index contributed by atoms with van der Waals surface area (Å²) in [6.07, 6.45) is 3.89. The standard InChI is InChI=1S/C21H21N3O2/c1-16-11-18(15-24(16)19-8-4-3-5-9-19)14-22-23-21(25)13-17-7-6-10-20(12-17)26-2/h3-12,14-15H,13H2,1-2H3,(H,23,25)/b22-14+. The van der Waals surface area contributed by atoms with Crippen molar-refractivity contribution < 1.29 is 9.53 Å². The van der Waals surface area contributed by atoms with Crippen LogP contribution in [0.2, 0.25) is 0 Å². The zero-order chi connectivity index (χ0) is 18.4. The van der Waals surface area contributed by atoms with Crippen molar-refractivity contribution in [2.45, 2.75) is 13.3 Å². The molecule has 2 aromatic carbocycles. The Balaban J connectivity index is 1.61. The lowest BCUT2D eigenvalue weighted by Crippen LogP contribution is -2.19. The van der Waals surface area contributed by atoms with Gasteiger partial charge < -0.3 is 9.30 Å². The molecule has 0 aliphatic heterocycles. The second-order valence-corrected chi connectivity index (χ2v) is 5.94. The molecule has 0 radical (unpaired) electrons. The Kier molecular flexibility index (Phi) is 5.49. The van der Waals surface area contributed by atoms with Crippen LogP contribution < -0.4 is 10.2 Å². The summed E-state index contributed by atoms with van der Waals surface area (Å²) in [7, 11) is 1.60. The number of methoxy groups -OCH3 is 1. The molecule has 1 amide bonds. The predicted molar refractivity (Wildman–Crippen MR) is 103 cm³/mol. The van der Waals surface area contributed by atoms with Crippen LogP contribution in [0, 0.1) is 6.92 Å². The first-order chi connectivity index (χ1) is 12.7. The van der Waals surface area contributed by atoms with Gasteiger partial charge in [-0.25, -0.2) is 5.43 Å². The van der Waals surface area contributed by atoms with E-state index in [1.165, 1.54) is 0 Å². The molecule has 26 heavy (non-hydrogen) atoms. The maximum absolute atomic E-state index is 12.0. The molecule has 0 aliphatic carbocycles. The van der Waals surface area contributed by atoms with Crippen molar-refractivity contribution >= 4 is 12.1 Å². The maximum atomic E-state index is 12.0. The molecule has 0 atom stereocenters. The van der Waals surface area contributed by atoms with Gasteiger partial charge in [-0.1, -0.05) is 30.3 Å². The summed E-state index contributed by atoms with van der Waals surface area (Å²) in [5.74, 6) is 0.560. The zero-order valence-corrected chi connectivity index (χ0v) is 14.8. The molecule has 0 aliphatic rings. The number of carbonyl (C=O) groups excluding carboxylic acids is 1. The van der Waals surface area contributed by atoms with Crippen LogP contribution in [0.1, 0.15) is 16.8 Å². The smallest absolute Gasteiger partial charge is 0.244 e. The Morgan fingerprint density at radius 1 is 1.15 bits per heavy atom. The highest BCUT2D eigenvalue weighted by atomic mass is 16.5. The third kappa shape index (κ3) is 4.39. The van der Waals surface area contributed by atoms with Gasteiger partial charge in [-0.05, 0) is 42.8 Å². The summed E-state index contributed by atoms with van der Waals surface area (Å²) >= 11 is 0. The van der Waals surface area contributed by atoms with Crippen LogP contribution >= 0.6 is 0 Å². The minimum atomic E-state index is -0.172. The number of aromatic nitrogens is 1. The van der Waals surface area contributed by atoms with Crippen molar-refractivity contribution in [1.82, 2.24) is 9.99 Å². The summed E-state index contributed by atoms with van der Waals surface area (Å²) in [5.41, 5.74) is 6.56. The molecule has 0 saturated carbocycles. The molecule has 1 aromatic heterocycles. The first-order valence-corrected chi connectivity index (χ1v) is 8.35. The number of hydrazone groups is 1. The minimum Gasteiger partial charge on any atom is -0.497 e. The van der Waals surface area contributed by atoms with E-state index in [-0.39, 0.29) is 12.3 Å². The van der Waals surface area contributed by atoms with Crippen molar-refractivity contribution in [3.05, 3.63) is 83.7 Å². The number of para-hydroxylation sites is 1. The number of hydrogen-bond donors (Lipinski definition) is 1. The van der Waals surface area contributed by atoms with E-state index in [2.05, 4.69) is 15.1 Å². The monoisotopic (exact) mass is 347 g/mol. The number of amides is 1. The molecule has 3 rings (SSSR count). The molecule has 5 nitrogen and oxygen atoms in total. The van der Waals surface area contributed by atoms with Gasteiger partial charge in [0.15, 0.2) is 0 Å². The van der Waals surface area contributed by atoms with E-state index in [1.807, 2.05) is 73.8 Å². The van der Waals surface area contributed by atoms with Crippen LogP contribution in [0.3, 0.4) is 0 Å². The van der Waals surface area contributed by atoms with Crippen LogP contribution in [0.5, 0.6) is 5.75 Å².